The van der Waals surface area contributed by atoms with E-state index in [9.17, 15) is 0 Å². The maximum atomic E-state index is 4.21. The van der Waals surface area contributed by atoms with E-state index in [4.69, 9.17) is 0 Å². The molecule has 3 rings (SSSR count). The third kappa shape index (κ3) is 1.48. The number of fused-ring (bicyclic) bond motifs is 1. The van der Waals surface area contributed by atoms with Crippen LogP contribution < -0.4 is 10.6 Å². The van der Waals surface area contributed by atoms with Crippen molar-refractivity contribution in [2.75, 3.05) is 0 Å². The van der Waals surface area contributed by atoms with Crippen molar-refractivity contribution in [2.24, 2.45) is 0 Å². The summed E-state index contributed by atoms with van der Waals surface area (Å²) >= 11 is 0. The topological polar surface area (TPSA) is 4.93 Å². The van der Waals surface area contributed by atoms with Gasteiger partial charge < -0.3 is 4.57 Å². The van der Waals surface area contributed by atoms with Gasteiger partial charge in [-0.1, -0.05) is 49.1 Å². The van der Waals surface area contributed by atoms with Crippen LogP contribution in [0.5, 0.6) is 0 Å². The molecule has 3 aromatic rings. The number of hydrogen-bond acceptors (Lipinski definition) is 0. The summed E-state index contributed by atoms with van der Waals surface area (Å²) in [6.07, 6.45) is 2.12. The standard InChI is InChI=1S/C17H15N/c1-3-16-13(2)15-11-7-8-12-17(15)18(16)14-9-5-4-6-10-14/h3-12H,2H2,1H3. The monoisotopic (exact) mass is 233 g/mol. The van der Waals surface area contributed by atoms with Crippen LogP contribution in [0.1, 0.15) is 6.92 Å². The summed E-state index contributed by atoms with van der Waals surface area (Å²) in [6, 6.07) is 18.8. The fourth-order valence-electron chi connectivity index (χ4n) is 2.49. The minimum absolute atomic E-state index is 1.09. The van der Waals surface area contributed by atoms with Gasteiger partial charge in [0.05, 0.1) is 5.52 Å². The van der Waals surface area contributed by atoms with Gasteiger partial charge in [-0.05, 0) is 25.1 Å². The maximum Gasteiger partial charge on any atom is 0.0540 e. The number of nitrogens with zero attached hydrogens (tertiary/aromatic N) is 1. The molecule has 0 bridgehead atoms. The number of benzene rings is 2. The van der Waals surface area contributed by atoms with Gasteiger partial charge in [-0.25, -0.2) is 0 Å². The van der Waals surface area contributed by atoms with Crippen LogP contribution in [-0.4, -0.2) is 4.57 Å². The van der Waals surface area contributed by atoms with Crippen LogP contribution >= 0.6 is 0 Å². The Kier molecular flexibility index (Phi) is 2.52. The lowest BCUT2D eigenvalue weighted by molar-refractivity contribution is 1.07. The number of hydrogen-bond donors (Lipinski definition) is 0. The largest absolute Gasteiger partial charge is 0.310 e. The average Bonchev–Trinajstić information content (AvgIpc) is 2.73. The summed E-state index contributed by atoms with van der Waals surface area (Å²) < 4.78 is 2.26. The Hall–Kier alpha value is -2.28. The Labute approximate surface area is 106 Å². The SMILES string of the molecule is C=c1c(=CC)n(-c2ccccc2)c2ccccc12. The van der Waals surface area contributed by atoms with Crippen LogP contribution in [0.2, 0.25) is 0 Å². The zero-order valence-electron chi connectivity index (χ0n) is 10.4. The first kappa shape index (κ1) is 10.8. The summed E-state index contributed by atoms with van der Waals surface area (Å²) in [5.74, 6) is 0. The summed E-state index contributed by atoms with van der Waals surface area (Å²) in [4.78, 5) is 0. The van der Waals surface area contributed by atoms with Crippen molar-refractivity contribution < 1.29 is 0 Å². The molecule has 0 spiro atoms. The molecular weight excluding hydrogens is 218 g/mol. The molecule has 0 N–H and O–H groups in total. The van der Waals surface area contributed by atoms with Gasteiger partial charge >= 0.3 is 0 Å². The smallest absolute Gasteiger partial charge is 0.0540 e. The Morgan fingerprint density at radius 1 is 0.944 bits per heavy atom. The van der Waals surface area contributed by atoms with E-state index in [2.05, 4.69) is 72.7 Å². The molecule has 88 valence electrons. The van der Waals surface area contributed by atoms with Crippen molar-refractivity contribution in [1.29, 1.82) is 0 Å². The van der Waals surface area contributed by atoms with Gasteiger partial charge in [0.2, 0.25) is 0 Å². The molecule has 0 atom stereocenters. The third-order valence-electron chi connectivity index (χ3n) is 3.31. The molecular formula is C17H15N. The van der Waals surface area contributed by atoms with Gasteiger partial charge in [-0.15, -0.1) is 0 Å². The Bertz CT molecular complexity index is 795. The van der Waals surface area contributed by atoms with Crippen molar-refractivity contribution in [3.05, 3.63) is 65.2 Å². The van der Waals surface area contributed by atoms with E-state index in [-0.39, 0.29) is 0 Å². The predicted molar refractivity (Wildman–Crippen MR) is 78.2 cm³/mol. The van der Waals surface area contributed by atoms with Gasteiger partial charge in [0.1, 0.15) is 0 Å². The number of para-hydroxylation sites is 2. The molecule has 1 heteroatoms. The van der Waals surface area contributed by atoms with Crippen LogP contribution in [0.25, 0.3) is 29.2 Å². The highest BCUT2D eigenvalue weighted by atomic mass is 15.0. The molecule has 0 radical (unpaired) electrons. The molecule has 2 aromatic carbocycles. The van der Waals surface area contributed by atoms with E-state index in [0.717, 1.165) is 5.22 Å². The van der Waals surface area contributed by atoms with E-state index in [1.807, 2.05) is 6.07 Å². The van der Waals surface area contributed by atoms with Crippen LogP contribution in [0.4, 0.5) is 0 Å². The zero-order chi connectivity index (χ0) is 12.5. The Balaban J connectivity index is 2.53. The van der Waals surface area contributed by atoms with E-state index >= 15 is 0 Å². The van der Waals surface area contributed by atoms with Crippen LogP contribution in [0.15, 0.2) is 54.6 Å². The highest BCUT2D eigenvalue weighted by Crippen LogP contribution is 2.13. The Morgan fingerprint density at radius 2 is 1.61 bits per heavy atom. The normalized spacial score (nSPS) is 12.2. The first-order valence-corrected chi connectivity index (χ1v) is 6.13. The Morgan fingerprint density at radius 3 is 2.33 bits per heavy atom. The van der Waals surface area contributed by atoms with Crippen molar-refractivity contribution in [1.82, 2.24) is 4.57 Å². The van der Waals surface area contributed by atoms with Gasteiger partial charge in [0.25, 0.3) is 0 Å². The fraction of sp³-hybridized carbons (Fsp3) is 0.0588. The number of aromatic nitrogens is 1. The first-order chi connectivity index (χ1) is 8.83. The summed E-state index contributed by atoms with van der Waals surface area (Å²) in [5, 5.41) is 3.48. The molecule has 0 aliphatic carbocycles. The van der Waals surface area contributed by atoms with Crippen molar-refractivity contribution in [3.63, 3.8) is 0 Å². The van der Waals surface area contributed by atoms with Gasteiger partial charge in [0.15, 0.2) is 0 Å². The molecule has 1 heterocycles. The summed E-state index contributed by atoms with van der Waals surface area (Å²) in [7, 11) is 0. The van der Waals surface area contributed by atoms with Crippen LogP contribution in [0, 0.1) is 0 Å². The molecule has 0 saturated heterocycles. The van der Waals surface area contributed by atoms with Gasteiger partial charge in [0, 0.05) is 21.6 Å². The lowest BCUT2D eigenvalue weighted by atomic mass is 10.2. The molecule has 18 heavy (non-hydrogen) atoms. The lowest BCUT2D eigenvalue weighted by Crippen LogP contribution is -2.26. The third-order valence-corrected chi connectivity index (χ3v) is 3.31. The second-order valence-electron chi connectivity index (χ2n) is 4.34. The maximum absolute atomic E-state index is 4.21. The second kappa shape index (κ2) is 4.19. The predicted octanol–water partition coefficient (Wildman–Crippen LogP) is 2.84. The minimum Gasteiger partial charge on any atom is -0.310 e. The molecule has 0 aliphatic rings. The van der Waals surface area contributed by atoms with E-state index in [1.54, 1.807) is 0 Å². The summed E-state index contributed by atoms with van der Waals surface area (Å²) in [5.41, 5.74) is 2.39. The highest BCUT2D eigenvalue weighted by molar-refractivity contribution is 5.83. The average molecular weight is 233 g/mol. The van der Waals surface area contributed by atoms with Crippen LogP contribution in [0.3, 0.4) is 0 Å². The van der Waals surface area contributed by atoms with Gasteiger partial charge in [-0.3, -0.25) is 0 Å². The zero-order valence-corrected chi connectivity index (χ0v) is 10.4. The quantitative estimate of drug-likeness (QED) is 0.609. The minimum atomic E-state index is 1.09. The number of rotatable bonds is 1. The molecule has 0 amide bonds. The molecule has 0 saturated carbocycles. The van der Waals surface area contributed by atoms with Crippen molar-refractivity contribution in [3.8, 4) is 5.69 Å². The fourth-order valence-corrected chi connectivity index (χ4v) is 2.49. The second-order valence-corrected chi connectivity index (χ2v) is 4.34. The molecule has 0 fully saturated rings. The molecule has 0 unspecified atom stereocenters. The van der Waals surface area contributed by atoms with Crippen molar-refractivity contribution in [2.45, 2.75) is 6.92 Å². The van der Waals surface area contributed by atoms with Crippen LogP contribution in [-0.2, 0) is 0 Å². The highest BCUT2D eigenvalue weighted by Gasteiger charge is 2.06. The van der Waals surface area contributed by atoms with Gasteiger partial charge in [-0.2, -0.15) is 0 Å². The molecule has 0 aliphatic heterocycles. The molecule has 1 nitrogen and oxygen atoms in total. The van der Waals surface area contributed by atoms with E-state index < -0.39 is 0 Å². The van der Waals surface area contributed by atoms with E-state index in [0.29, 0.717) is 0 Å². The molecule has 1 aromatic heterocycles. The van der Waals surface area contributed by atoms with Crippen molar-refractivity contribution >= 4 is 23.6 Å². The first-order valence-electron chi connectivity index (χ1n) is 6.13. The lowest BCUT2D eigenvalue weighted by Gasteiger charge is -2.05. The van der Waals surface area contributed by atoms with E-state index in [1.165, 1.54) is 21.9 Å². The summed E-state index contributed by atoms with van der Waals surface area (Å²) in [6.45, 7) is 6.27.